The first kappa shape index (κ1) is 23.1. The van der Waals surface area contributed by atoms with Crippen molar-refractivity contribution in [2.75, 3.05) is 40.2 Å². The molecule has 0 spiro atoms. The van der Waals surface area contributed by atoms with Gasteiger partial charge in [0.15, 0.2) is 5.82 Å². The van der Waals surface area contributed by atoms with Gasteiger partial charge in [0, 0.05) is 36.9 Å². The Morgan fingerprint density at radius 3 is 2.59 bits per heavy atom. The summed E-state index contributed by atoms with van der Waals surface area (Å²) in [6, 6.07) is 7.37. The van der Waals surface area contributed by atoms with Crippen LogP contribution in [0.5, 0.6) is 11.5 Å². The highest BCUT2D eigenvalue weighted by molar-refractivity contribution is 5.87. The molecule has 2 N–H and O–H groups in total. The molecule has 4 rings (SSSR count). The first-order chi connectivity index (χ1) is 16.5. The molecule has 0 aliphatic carbocycles. The number of aromatic nitrogens is 3. The van der Waals surface area contributed by atoms with Crippen LogP contribution in [0.15, 0.2) is 43.2 Å². The minimum atomic E-state index is -0.119. The van der Waals surface area contributed by atoms with Crippen molar-refractivity contribution in [2.45, 2.75) is 18.4 Å². The fourth-order valence-corrected chi connectivity index (χ4v) is 4.37. The molecule has 3 aromatic rings. The molecule has 0 radical (unpaired) electrons. The van der Waals surface area contributed by atoms with Crippen LogP contribution < -0.4 is 15.2 Å². The lowest BCUT2D eigenvalue weighted by Gasteiger charge is -2.22. The van der Waals surface area contributed by atoms with Crippen molar-refractivity contribution in [3.63, 3.8) is 0 Å². The zero-order valence-corrected chi connectivity index (χ0v) is 19.4. The Morgan fingerprint density at radius 2 is 1.94 bits per heavy atom. The Hall–Kier alpha value is -4.03. The van der Waals surface area contributed by atoms with Crippen LogP contribution in [0.4, 0.5) is 5.82 Å². The molecule has 2 atom stereocenters. The van der Waals surface area contributed by atoms with Crippen molar-refractivity contribution in [1.82, 2.24) is 19.5 Å². The molecule has 9 nitrogen and oxygen atoms in total. The first-order valence-corrected chi connectivity index (χ1v) is 10.8. The lowest BCUT2D eigenvalue weighted by molar-refractivity contribution is -0.127. The average molecular weight is 462 g/mol. The number of benzene rings is 1. The molecule has 3 heterocycles. The highest BCUT2D eigenvalue weighted by atomic mass is 16.5. The minimum absolute atomic E-state index is 0.0262. The van der Waals surface area contributed by atoms with Crippen molar-refractivity contribution in [2.24, 2.45) is 0 Å². The molecular weight excluding hydrogens is 434 g/mol. The van der Waals surface area contributed by atoms with Crippen molar-refractivity contribution < 1.29 is 19.0 Å². The Bertz CT molecular complexity index is 1270. The number of carbonyl (C=O) groups excluding carboxylic acids is 1. The van der Waals surface area contributed by atoms with Crippen molar-refractivity contribution in [3.05, 3.63) is 60.1 Å². The van der Waals surface area contributed by atoms with E-state index in [1.807, 2.05) is 18.2 Å². The second-order valence-corrected chi connectivity index (χ2v) is 7.98. The van der Waals surface area contributed by atoms with Gasteiger partial charge in [-0.2, -0.15) is 5.10 Å². The molecule has 1 aromatic carbocycles. The summed E-state index contributed by atoms with van der Waals surface area (Å²) >= 11 is 0. The average Bonchev–Trinajstić information content (AvgIpc) is 3.44. The number of methoxy groups -OCH3 is 3. The van der Waals surface area contributed by atoms with Gasteiger partial charge >= 0.3 is 0 Å². The summed E-state index contributed by atoms with van der Waals surface area (Å²) in [5.41, 5.74) is 9.21. The number of fused-ring (bicyclic) bond motifs is 1. The summed E-state index contributed by atoms with van der Waals surface area (Å²) in [4.78, 5) is 18.4. The van der Waals surface area contributed by atoms with Crippen molar-refractivity contribution in [1.29, 1.82) is 0 Å². The van der Waals surface area contributed by atoms with Gasteiger partial charge in [-0.05, 0) is 30.7 Å². The van der Waals surface area contributed by atoms with Crippen LogP contribution in [-0.4, -0.2) is 65.9 Å². The number of hydrogen-bond acceptors (Lipinski definition) is 7. The summed E-state index contributed by atoms with van der Waals surface area (Å²) in [5, 5.41) is 4.44. The highest BCUT2D eigenvalue weighted by Gasteiger charge is 2.36. The third kappa shape index (κ3) is 4.40. The first-order valence-electron chi connectivity index (χ1n) is 10.8. The minimum Gasteiger partial charge on any atom is -0.497 e. The zero-order valence-electron chi connectivity index (χ0n) is 19.4. The number of nitrogen functional groups attached to an aromatic ring is 1. The molecule has 1 saturated heterocycles. The van der Waals surface area contributed by atoms with E-state index in [9.17, 15) is 4.79 Å². The molecular formula is C25H27N5O4. The van der Waals surface area contributed by atoms with Crippen LogP contribution in [0.1, 0.15) is 29.2 Å². The van der Waals surface area contributed by atoms with Crippen LogP contribution in [0.3, 0.4) is 0 Å². The summed E-state index contributed by atoms with van der Waals surface area (Å²) < 4.78 is 17.8. The summed E-state index contributed by atoms with van der Waals surface area (Å²) in [6.07, 6.45) is 3.48. The molecule has 2 aromatic heterocycles. The van der Waals surface area contributed by atoms with Gasteiger partial charge in [-0.15, -0.1) is 0 Å². The second kappa shape index (κ2) is 9.85. The van der Waals surface area contributed by atoms with E-state index >= 15 is 0 Å². The van der Waals surface area contributed by atoms with Crippen LogP contribution in [0.2, 0.25) is 0 Å². The number of hydrogen-bond donors (Lipinski definition) is 1. The van der Waals surface area contributed by atoms with E-state index < -0.39 is 0 Å². The maximum Gasteiger partial charge on any atom is 0.246 e. The van der Waals surface area contributed by atoms with Crippen LogP contribution in [-0.2, 0) is 9.53 Å². The van der Waals surface area contributed by atoms with Crippen molar-refractivity contribution >= 4 is 17.2 Å². The van der Waals surface area contributed by atoms with Crippen LogP contribution >= 0.6 is 0 Å². The monoisotopic (exact) mass is 461 g/mol. The van der Waals surface area contributed by atoms with Crippen molar-refractivity contribution in [3.8, 4) is 23.3 Å². The molecule has 1 fully saturated rings. The largest absolute Gasteiger partial charge is 0.497 e. The second-order valence-electron chi connectivity index (χ2n) is 7.98. The molecule has 2 unspecified atom stereocenters. The van der Waals surface area contributed by atoms with Crippen LogP contribution in [0.25, 0.3) is 5.52 Å². The molecule has 1 aliphatic heterocycles. The van der Waals surface area contributed by atoms with Gasteiger partial charge in [0.25, 0.3) is 0 Å². The standard InChI is InChI=1S/C25H27N5O4/c1-5-23(31)29-13-18(10-19(29)14-32-2)22-11-17(24-25(26)27-15-28-30(22)24)7-6-16-8-20(33-3)12-21(9-16)34-4/h5,8-9,11-12,15,18-19H,1,10,13-14H2,2-4H3,(H2,26,27,28). The predicted molar refractivity (Wildman–Crippen MR) is 128 cm³/mol. The Morgan fingerprint density at radius 1 is 1.21 bits per heavy atom. The quantitative estimate of drug-likeness (QED) is 0.443. The molecule has 9 heteroatoms. The molecule has 1 aliphatic rings. The molecule has 0 bridgehead atoms. The Balaban J connectivity index is 1.76. The number of likely N-dealkylation sites (tertiary alicyclic amines) is 1. The number of carbonyl (C=O) groups is 1. The Labute approximate surface area is 198 Å². The molecule has 34 heavy (non-hydrogen) atoms. The third-order valence-corrected chi connectivity index (χ3v) is 5.95. The van der Waals surface area contributed by atoms with Gasteiger partial charge < -0.3 is 24.8 Å². The van der Waals surface area contributed by atoms with E-state index in [1.165, 1.54) is 12.4 Å². The number of ether oxygens (including phenoxy) is 3. The van der Waals surface area contributed by atoms with Gasteiger partial charge in [0.05, 0.1) is 32.4 Å². The highest BCUT2D eigenvalue weighted by Crippen LogP contribution is 2.35. The van der Waals surface area contributed by atoms with E-state index in [0.29, 0.717) is 41.5 Å². The normalized spacial score (nSPS) is 17.3. The maximum absolute atomic E-state index is 12.4. The van der Waals surface area contributed by atoms with E-state index in [1.54, 1.807) is 36.8 Å². The predicted octanol–water partition coefficient (Wildman–Crippen LogP) is 2.25. The van der Waals surface area contributed by atoms with Crippen LogP contribution in [0, 0.1) is 11.8 Å². The number of nitrogens with zero attached hydrogens (tertiary/aromatic N) is 4. The lowest BCUT2D eigenvalue weighted by atomic mass is 10.0. The fourth-order valence-electron chi connectivity index (χ4n) is 4.37. The summed E-state index contributed by atoms with van der Waals surface area (Å²) in [5.74, 6) is 7.91. The maximum atomic E-state index is 12.4. The lowest BCUT2D eigenvalue weighted by Crippen LogP contribution is -2.37. The van der Waals surface area contributed by atoms with E-state index in [2.05, 4.69) is 28.5 Å². The molecule has 1 amide bonds. The van der Waals surface area contributed by atoms with Gasteiger partial charge in [0.1, 0.15) is 23.3 Å². The van der Waals surface area contributed by atoms with Gasteiger partial charge in [-0.3, -0.25) is 4.79 Å². The number of rotatable bonds is 6. The third-order valence-electron chi connectivity index (χ3n) is 5.95. The van der Waals surface area contributed by atoms with Gasteiger partial charge in [-0.1, -0.05) is 18.4 Å². The molecule has 0 saturated carbocycles. The number of nitrogens with two attached hydrogens (primary N) is 1. The topological polar surface area (TPSA) is 104 Å². The van der Waals surface area contributed by atoms with Gasteiger partial charge in [-0.25, -0.2) is 9.50 Å². The van der Waals surface area contributed by atoms with Gasteiger partial charge in [0.2, 0.25) is 5.91 Å². The van der Waals surface area contributed by atoms with E-state index in [-0.39, 0.29) is 17.9 Å². The zero-order chi connectivity index (χ0) is 24.2. The fraction of sp³-hybridized carbons (Fsp3) is 0.320. The SMILES string of the molecule is C=CC(=O)N1CC(c2cc(C#Cc3cc(OC)cc(OC)c3)c3c(N)ncnn23)CC1COC. The number of amides is 1. The Kier molecular flexibility index (Phi) is 6.70. The summed E-state index contributed by atoms with van der Waals surface area (Å²) in [6.45, 7) is 4.60. The molecule has 176 valence electrons. The van der Waals surface area contributed by atoms with E-state index in [0.717, 1.165) is 17.7 Å². The van der Waals surface area contributed by atoms with E-state index in [4.69, 9.17) is 19.9 Å². The summed E-state index contributed by atoms with van der Waals surface area (Å²) in [7, 11) is 4.82. The number of anilines is 1. The smallest absolute Gasteiger partial charge is 0.246 e.